The number of benzene rings is 1. The third kappa shape index (κ3) is 0.873. The molecule has 0 aliphatic carbocycles. The van der Waals surface area contributed by atoms with Gasteiger partial charge in [-0.05, 0) is 12.1 Å². The van der Waals surface area contributed by atoms with Crippen LogP contribution >= 0.6 is 11.1 Å². The van der Waals surface area contributed by atoms with Crippen molar-refractivity contribution in [2.75, 3.05) is 0 Å². The van der Waals surface area contributed by atoms with Crippen LogP contribution in [0.2, 0.25) is 0 Å². The molecule has 1 aliphatic heterocycles. The predicted molar refractivity (Wildman–Crippen MR) is 39.3 cm³/mol. The molecule has 0 atom stereocenters. The number of fused-ring (bicyclic) bond motifs is 1. The molecule has 10 heavy (non-hydrogen) atoms. The van der Waals surface area contributed by atoms with Crippen molar-refractivity contribution in [3.8, 4) is 11.5 Å². The Morgan fingerprint density at radius 3 is 2.10 bits per heavy atom. The van der Waals surface area contributed by atoms with Crippen LogP contribution in [0.5, 0.6) is 11.5 Å². The van der Waals surface area contributed by atoms with E-state index in [9.17, 15) is 0 Å². The molecule has 0 unspecified atom stereocenters. The summed E-state index contributed by atoms with van der Waals surface area (Å²) >= 11 is 5.63. The first-order chi connectivity index (χ1) is 4.86. The quantitative estimate of drug-likeness (QED) is 0.437. The van der Waals surface area contributed by atoms with Crippen LogP contribution in [0.25, 0.3) is 0 Å². The summed E-state index contributed by atoms with van der Waals surface area (Å²) in [5, 5.41) is 0. The fourth-order valence-corrected chi connectivity index (χ4v) is 2.04. The minimum absolute atomic E-state index is 0.756. The Bertz CT molecular complexity index is 228. The highest BCUT2D eigenvalue weighted by Crippen LogP contribution is 2.33. The zero-order valence-electron chi connectivity index (χ0n) is 5.00. The molecule has 1 aliphatic rings. The van der Waals surface area contributed by atoms with Crippen molar-refractivity contribution in [2.24, 2.45) is 0 Å². The normalized spacial score (nSPS) is 15.7. The number of hydrogen-bond donors (Lipinski definition) is 0. The van der Waals surface area contributed by atoms with Crippen molar-refractivity contribution in [1.29, 1.82) is 0 Å². The van der Waals surface area contributed by atoms with Gasteiger partial charge in [0.05, 0.1) is 0 Å². The van der Waals surface area contributed by atoms with E-state index in [4.69, 9.17) is 19.9 Å². The van der Waals surface area contributed by atoms with Crippen LogP contribution in [0.3, 0.4) is 0 Å². The summed E-state index contributed by atoms with van der Waals surface area (Å²) in [4.78, 5) is 0. The van der Waals surface area contributed by atoms with Gasteiger partial charge >= 0.3 is 8.59 Å². The molecular weight excluding hydrogens is 168 g/mol. The molecular formula is C6H4ClO2Si. The van der Waals surface area contributed by atoms with Gasteiger partial charge in [0.1, 0.15) is 11.5 Å². The third-order valence-corrected chi connectivity index (χ3v) is 2.45. The SMILES string of the molecule is Cl[Si]1Oc2ccccc2O1. The summed E-state index contributed by atoms with van der Waals surface area (Å²) < 4.78 is 10.3. The molecule has 2 nitrogen and oxygen atoms in total. The Labute approximate surface area is 64.9 Å². The second-order valence-electron chi connectivity index (χ2n) is 1.89. The minimum Gasteiger partial charge on any atom is -0.495 e. The van der Waals surface area contributed by atoms with E-state index in [2.05, 4.69) is 0 Å². The fraction of sp³-hybridized carbons (Fsp3) is 0. The van der Waals surface area contributed by atoms with Gasteiger partial charge in [0.2, 0.25) is 0 Å². The van der Waals surface area contributed by atoms with Crippen LogP contribution in [0.1, 0.15) is 0 Å². The van der Waals surface area contributed by atoms with E-state index < -0.39 is 8.59 Å². The average Bonchev–Trinajstić information content (AvgIpc) is 2.27. The van der Waals surface area contributed by atoms with Crippen LogP contribution < -0.4 is 8.85 Å². The first kappa shape index (κ1) is 6.06. The minimum atomic E-state index is -1.54. The molecule has 1 heterocycles. The highest BCUT2D eigenvalue weighted by atomic mass is 35.6. The summed E-state index contributed by atoms with van der Waals surface area (Å²) in [7, 11) is -1.54. The van der Waals surface area contributed by atoms with Crippen LogP contribution in [-0.4, -0.2) is 8.59 Å². The molecule has 0 bridgehead atoms. The molecule has 4 heteroatoms. The topological polar surface area (TPSA) is 18.5 Å². The van der Waals surface area contributed by atoms with Crippen molar-refractivity contribution in [3.63, 3.8) is 0 Å². The highest BCUT2D eigenvalue weighted by Gasteiger charge is 2.27. The Kier molecular flexibility index (Phi) is 1.32. The van der Waals surface area contributed by atoms with Gasteiger partial charge in [-0.25, -0.2) is 0 Å². The molecule has 0 amide bonds. The molecule has 51 valence electrons. The molecule has 1 radical (unpaired) electrons. The summed E-state index contributed by atoms with van der Waals surface area (Å²) in [6, 6.07) is 7.46. The van der Waals surface area contributed by atoms with E-state index in [1.807, 2.05) is 24.3 Å². The van der Waals surface area contributed by atoms with Gasteiger partial charge in [0.15, 0.2) is 0 Å². The molecule has 0 saturated carbocycles. The molecule has 0 N–H and O–H groups in total. The summed E-state index contributed by atoms with van der Waals surface area (Å²) in [6.07, 6.45) is 0. The smallest absolute Gasteiger partial charge is 0.495 e. The molecule has 0 spiro atoms. The van der Waals surface area contributed by atoms with Crippen LogP contribution in [0, 0.1) is 0 Å². The number of rotatable bonds is 0. The monoisotopic (exact) mass is 171 g/mol. The maximum atomic E-state index is 5.63. The summed E-state index contributed by atoms with van der Waals surface area (Å²) in [5.41, 5.74) is 0. The van der Waals surface area contributed by atoms with Gasteiger partial charge in [-0.15, -0.1) is 0 Å². The van der Waals surface area contributed by atoms with Crippen molar-refractivity contribution in [1.82, 2.24) is 0 Å². The lowest BCUT2D eigenvalue weighted by molar-refractivity contribution is 0.529. The van der Waals surface area contributed by atoms with Gasteiger partial charge < -0.3 is 8.85 Å². The standard InChI is InChI=1S/C6H4ClO2Si/c7-10-8-5-3-1-2-4-6(5)9-10/h1-4H. The third-order valence-electron chi connectivity index (χ3n) is 1.23. The first-order valence-electron chi connectivity index (χ1n) is 2.83. The molecule has 0 aromatic heterocycles. The maximum Gasteiger partial charge on any atom is 0.658 e. The van der Waals surface area contributed by atoms with E-state index in [1.54, 1.807) is 0 Å². The summed E-state index contributed by atoms with van der Waals surface area (Å²) in [6.45, 7) is 0. The van der Waals surface area contributed by atoms with E-state index >= 15 is 0 Å². The molecule has 2 rings (SSSR count). The van der Waals surface area contributed by atoms with E-state index in [0.29, 0.717) is 0 Å². The Morgan fingerprint density at radius 1 is 1.10 bits per heavy atom. The average molecular weight is 172 g/mol. The number of para-hydroxylation sites is 2. The van der Waals surface area contributed by atoms with Crippen molar-refractivity contribution >= 4 is 19.7 Å². The Balaban J connectivity index is 2.42. The van der Waals surface area contributed by atoms with Gasteiger partial charge in [-0.1, -0.05) is 23.2 Å². The Hall–Kier alpha value is -0.673. The van der Waals surface area contributed by atoms with E-state index in [-0.39, 0.29) is 0 Å². The second-order valence-corrected chi connectivity index (χ2v) is 3.70. The van der Waals surface area contributed by atoms with Crippen molar-refractivity contribution in [2.45, 2.75) is 0 Å². The zero-order chi connectivity index (χ0) is 6.97. The molecule has 1 aromatic rings. The lowest BCUT2D eigenvalue weighted by Crippen LogP contribution is -2.15. The van der Waals surface area contributed by atoms with Gasteiger partial charge in [-0.2, -0.15) is 0 Å². The lowest BCUT2D eigenvalue weighted by atomic mass is 10.3. The van der Waals surface area contributed by atoms with Crippen LogP contribution in [0.15, 0.2) is 24.3 Å². The number of hydrogen-bond acceptors (Lipinski definition) is 2. The van der Waals surface area contributed by atoms with E-state index in [0.717, 1.165) is 11.5 Å². The Morgan fingerprint density at radius 2 is 1.60 bits per heavy atom. The number of halogens is 1. The molecule has 0 saturated heterocycles. The summed E-state index contributed by atoms with van der Waals surface area (Å²) in [5.74, 6) is 1.51. The largest absolute Gasteiger partial charge is 0.658 e. The second kappa shape index (κ2) is 2.18. The van der Waals surface area contributed by atoms with Crippen molar-refractivity contribution < 1.29 is 8.85 Å². The zero-order valence-corrected chi connectivity index (χ0v) is 6.76. The van der Waals surface area contributed by atoms with Crippen molar-refractivity contribution in [3.05, 3.63) is 24.3 Å². The van der Waals surface area contributed by atoms with Crippen LogP contribution in [-0.2, 0) is 0 Å². The maximum absolute atomic E-state index is 5.63. The molecule has 1 aromatic carbocycles. The fourth-order valence-electron chi connectivity index (χ4n) is 0.813. The first-order valence-corrected chi connectivity index (χ1v) is 5.16. The van der Waals surface area contributed by atoms with Gasteiger partial charge in [0, 0.05) is 0 Å². The van der Waals surface area contributed by atoms with E-state index in [1.165, 1.54) is 0 Å². The predicted octanol–water partition coefficient (Wildman–Crippen LogP) is 1.68. The lowest BCUT2D eigenvalue weighted by Gasteiger charge is -1.91. The van der Waals surface area contributed by atoms with Gasteiger partial charge in [0.25, 0.3) is 0 Å². The van der Waals surface area contributed by atoms with Crippen LogP contribution in [0.4, 0.5) is 0 Å². The van der Waals surface area contributed by atoms with Gasteiger partial charge in [-0.3, -0.25) is 0 Å². The molecule has 0 fully saturated rings. The highest BCUT2D eigenvalue weighted by molar-refractivity contribution is 7.00.